The number of hydrogen-bond acceptors (Lipinski definition) is 2. The summed E-state index contributed by atoms with van der Waals surface area (Å²) >= 11 is 3.32. The molecule has 0 bridgehead atoms. The number of anilines is 1. The van der Waals surface area contributed by atoms with Gasteiger partial charge in [0.05, 0.1) is 18.4 Å². The van der Waals surface area contributed by atoms with E-state index in [9.17, 15) is 9.18 Å². The summed E-state index contributed by atoms with van der Waals surface area (Å²) in [4.78, 5) is 12.1. The number of benzene rings is 2. The fourth-order valence-electron chi connectivity index (χ4n) is 1.79. The third-order valence-corrected chi connectivity index (χ3v) is 3.34. The minimum absolute atomic E-state index is 0.00651. The highest BCUT2D eigenvalue weighted by molar-refractivity contribution is 9.10. The summed E-state index contributed by atoms with van der Waals surface area (Å²) < 4.78 is 19.9. The van der Waals surface area contributed by atoms with Gasteiger partial charge in [0.15, 0.2) is 0 Å². The van der Waals surface area contributed by atoms with Crippen LogP contribution >= 0.6 is 15.9 Å². The molecule has 0 unspecified atom stereocenters. The minimum atomic E-state index is -0.515. The molecule has 0 atom stereocenters. The average molecular weight is 338 g/mol. The highest BCUT2D eigenvalue weighted by Crippen LogP contribution is 2.28. The van der Waals surface area contributed by atoms with Crippen molar-refractivity contribution >= 4 is 27.5 Å². The highest BCUT2D eigenvalue weighted by atomic mass is 79.9. The fourth-order valence-corrected chi connectivity index (χ4v) is 2.15. The molecule has 5 heteroatoms. The van der Waals surface area contributed by atoms with E-state index in [2.05, 4.69) is 21.2 Å². The van der Waals surface area contributed by atoms with E-state index >= 15 is 0 Å². The normalized spacial score (nSPS) is 10.2. The monoisotopic (exact) mass is 337 g/mol. The van der Waals surface area contributed by atoms with Crippen LogP contribution in [-0.4, -0.2) is 13.0 Å². The second-order valence-electron chi connectivity index (χ2n) is 4.24. The molecule has 0 aliphatic rings. The first-order valence-corrected chi connectivity index (χ1v) is 6.72. The molecular weight excluding hydrogens is 325 g/mol. The van der Waals surface area contributed by atoms with E-state index in [1.165, 1.54) is 13.2 Å². The molecule has 20 heavy (non-hydrogen) atoms. The van der Waals surface area contributed by atoms with Gasteiger partial charge in [-0.3, -0.25) is 4.79 Å². The molecule has 0 aliphatic heterocycles. The molecule has 2 rings (SSSR count). The Labute approximate surface area is 124 Å². The van der Waals surface area contributed by atoms with E-state index in [0.717, 1.165) is 4.47 Å². The predicted octanol–water partition coefficient (Wildman–Crippen LogP) is 4.16. The van der Waals surface area contributed by atoms with Crippen molar-refractivity contribution in [3.63, 3.8) is 0 Å². The smallest absolute Gasteiger partial charge is 0.258 e. The predicted molar refractivity (Wildman–Crippen MR) is 79.8 cm³/mol. The van der Waals surface area contributed by atoms with Gasteiger partial charge in [-0.15, -0.1) is 0 Å². The van der Waals surface area contributed by atoms with Crippen LogP contribution in [0.15, 0.2) is 40.9 Å². The number of amides is 1. The summed E-state index contributed by atoms with van der Waals surface area (Å²) in [6.07, 6.45) is 0. The topological polar surface area (TPSA) is 38.3 Å². The number of nitrogens with one attached hydrogen (secondary N) is 1. The number of carbonyl (C=O) groups excluding carboxylic acids is 1. The molecule has 0 aromatic heterocycles. The number of aryl methyl sites for hydroxylation is 1. The van der Waals surface area contributed by atoms with Gasteiger partial charge in [-0.2, -0.15) is 0 Å². The highest BCUT2D eigenvalue weighted by Gasteiger charge is 2.15. The first-order valence-electron chi connectivity index (χ1n) is 5.93. The summed E-state index contributed by atoms with van der Waals surface area (Å²) in [6.45, 7) is 1.62. The van der Waals surface area contributed by atoms with Crippen LogP contribution in [0.2, 0.25) is 0 Å². The number of carbonyl (C=O) groups is 1. The molecule has 104 valence electrons. The van der Waals surface area contributed by atoms with Crippen LogP contribution < -0.4 is 10.1 Å². The quantitative estimate of drug-likeness (QED) is 0.913. The van der Waals surface area contributed by atoms with Gasteiger partial charge in [0.2, 0.25) is 0 Å². The first-order chi connectivity index (χ1) is 9.52. The number of methoxy groups -OCH3 is 1. The van der Waals surface area contributed by atoms with Gasteiger partial charge in [-0.1, -0.05) is 28.1 Å². The van der Waals surface area contributed by atoms with Gasteiger partial charge in [-0.25, -0.2) is 4.39 Å². The number of rotatable bonds is 3. The van der Waals surface area contributed by atoms with Gasteiger partial charge in [-0.05, 0) is 36.8 Å². The molecule has 0 saturated carbocycles. The maximum atomic E-state index is 13.9. The third kappa shape index (κ3) is 2.99. The van der Waals surface area contributed by atoms with Gasteiger partial charge in [0.25, 0.3) is 5.91 Å². The lowest BCUT2D eigenvalue weighted by Crippen LogP contribution is -2.15. The molecular formula is C15H13BrFNO2. The van der Waals surface area contributed by atoms with Gasteiger partial charge < -0.3 is 10.1 Å². The van der Waals surface area contributed by atoms with Crippen LogP contribution in [-0.2, 0) is 0 Å². The van der Waals surface area contributed by atoms with E-state index in [1.807, 2.05) is 0 Å². The van der Waals surface area contributed by atoms with Crippen LogP contribution in [0.4, 0.5) is 10.1 Å². The molecule has 0 radical (unpaired) electrons. The van der Waals surface area contributed by atoms with Gasteiger partial charge in [0.1, 0.15) is 11.6 Å². The fraction of sp³-hybridized carbons (Fsp3) is 0.133. The summed E-state index contributed by atoms with van der Waals surface area (Å²) in [5, 5.41) is 2.65. The van der Waals surface area contributed by atoms with Crippen molar-refractivity contribution in [2.24, 2.45) is 0 Å². The molecule has 0 saturated heterocycles. The molecule has 2 aromatic rings. The van der Waals surface area contributed by atoms with Crippen molar-refractivity contribution < 1.29 is 13.9 Å². The number of ether oxygens (including phenoxy) is 1. The molecule has 1 N–H and O–H groups in total. The summed E-state index contributed by atoms with van der Waals surface area (Å²) in [6, 6.07) is 9.91. The third-order valence-electron chi connectivity index (χ3n) is 2.85. The zero-order chi connectivity index (χ0) is 14.7. The summed E-state index contributed by atoms with van der Waals surface area (Å²) in [5.41, 5.74) is 0.915. The lowest BCUT2D eigenvalue weighted by molar-refractivity contribution is 0.102. The van der Waals surface area contributed by atoms with Crippen LogP contribution in [0.1, 0.15) is 15.9 Å². The first kappa shape index (κ1) is 14.5. The van der Waals surface area contributed by atoms with Crippen LogP contribution in [0.5, 0.6) is 5.75 Å². The summed E-state index contributed by atoms with van der Waals surface area (Å²) in [7, 11) is 1.51. The van der Waals surface area contributed by atoms with Gasteiger partial charge in [0, 0.05) is 4.47 Å². The Balaban J connectivity index is 2.32. The second-order valence-corrected chi connectivity index (χ2v) is 5.15. The maximum Gasteiger partial charge on any atom is 0.258 e. The molecule has 0 spiro atoms. The van der Waals surface area contributed by atoms with Crippen molar-refractivity contribution in [3.05, 3.63) is 57.8 Å². The Hall–Kier alpha value is -1.88. The molecule has 2 aromatic carbocycles. The number of hydrogen-bond donors (Lipinski definition) is 1. The van der Waals surface area contributed by atoms with E-state index in [0.29, 0.717) is 17.0 Å². The van der Waals surface area contributed by atoms with E-state index < -0.39 is 11.7 Å². The molecule has 1 amide bonds. The largest absolute Gasteiger partial charge is 0.495 e. The van der Waals surface area contributed by atoms with E-state index in [4.69, 9.17) is 4.74 Å². The molecule has 3 nitrogen and oxygen atoms in total. The maximum absolute atomic E-state index is 13.9. The van der Waals surface area contributed by atoms with Crippen molar-refractivity contribution in [3.8, 4) is 5.75 Å². The minimum Gasteiger partial charge on any atom is -0.495 e. The average Bonchev–Trinajstić information content (AvgIpc) is 2.42. The van der Waals surface area contributed by atoms with Crippen molar-refractivity contribution in [1.82, 2.24) is 0 Å². The Bertz CT molecular complexity index is 658. The lowest BCUT2D eigenvalue weighted by Gasteiger charge is -2.11. The van der Waals surface area contributed by atoms with Crippen LogP contribution in [0, 0.1) is 12.7 Å². The van der Waals surface area contributed by atoms with E-state index in [-0.39, 0.29) is 5.56 Å². The van der Waals surface area contributed by atoms with Crippen molar-refractivity contribution in [2.75, 3.05) is 12.4 Å². The zero-order valence-electron chi connectivity index (χ0n) is 11.0. The SMILES string of the molecule is COc1ccc(Br)cc1NC(=O)c1cccc(C)c1F. The van der Waals surface area contributed by atoms with Crippen molar-refractivity contribution in [2.45, 2.75) is 6.92 Å². The standard InChI is InChI=1S/C15H13BrFNO2/c1-9-4-3-5-11(14(9)17)15(19)18-12-8-10(16)6-7-13(12)20-2/h3-8H,1-2H3,(H,18,19). The van der Waals surface area contributed by atoms with Crippen LogP contribution in [0.25, 0.3) is 0 Å². The van der Waals surface area contributed by atoms with Crippen molar-refractivity contribution in [1.29, 1.82) is 0 Å². The molecule has 0 aliphatic carbocycles. The van der Waals surface area contributed by atoms with Gasteiger partial charge >= 0.3 is 0 Å². The lowest BCUT2D eigenvalue weighted by atomic mass is 10.1. The number of halogens is 2. The molecule has 0 heterocycles. The Kier molecular flexibility index (Phi) is 4.39. The Morgan fingerprint density at radius 3 is 2.75 bits per heavy atom. The second kappa shape index (κ2) is 6.05. The molecule has 0 fully saturated rings. The van der Waals surface area contributed by atoms with E-state index in [1.54, 1.807) is 37.3 Å². The Morgan fingerprint density at radius 1 is 1.30 bits per heavy atom. The van der Waals surface area contributed by atoms with Crippen LogP contribution in [0.3, 0.4) is 0 Å². The zero-order valence-corrected chi connectivity index (χ0v) is 12.6. The summed E-state index contributed by atoms with van der Waals surface area (Å²) in [5.74, 6) is -0.517. The Morgan fingerprint density at radius 2 is 2.05 bits per heavy atom.